The molecule has 3 aromatic carbocycles. The van der Waals surface area contributed by atoms with Gasteiger partial charge in [-0.15, -0.1) is 0 Å². The van der Waals surface area contributed by atoms with Gasteiger partial charge in [-0.25, -0.2) is 4.39 Å². The smallest absolute Gasteiger partial charge is 0.545 e. The predicted octanol–water partition coefficient (Wildman–Crippen LogP) is 0.824. The van der Waals surface area contributed by atoms with Crippen LogP contribution in [0.25, 0.3) is 10.9 Å². The second-order valence-electron chi connectivity index (χ2n) is 6.46. The number of carboxylic acid groups (broad SMARTS) is 1. The molecule has 0 unspecified atom stereocenters. The summed E-state index contributed by atoms with van der Waals surface area (Å²) < 4.78 is 21.4. The Bertz CT molecular complexity index is 1210. The van der Waals surface area contributed by atoms with E-state index in [0.717, 1.165) is 5.56 Å². The van der Waals surface area contributed by atoms with Gasteiger partial charge in [0, 0.05) is 27.1 Å². The maximum atomic E-state index is 13.9. The van der Waals surface area contributed by atoms with Crippen LogP contribution in [0.1, 0.15) is 21.5 Å². The van der Waals surface area contributed by atoms with Crippen molar-refractivity contribution in [2.75, 3.05) is 0 Å². The van der Waals surface area contributed by atoms with Gasteiger partial charge >= 0.3 is 29.6 Å². The number of halogens is 2. The van der Waals surface area contributed by atoms with Crippen LogP contribution >= 0.6 is 11.6 Å². The summed E-state index contributed by atoms with van der Waals surface area (Å²) in [5, 5.41) is 16.6. The van der Waals surface area contributed by atoms with Gasteiger partial charge < -0.3 is 14.6 Å². The van der Waals surface area contributed by atoms with Gasteiger partial charge in [-0.3, -0.25) is 4.68 Å². The minimum absolute atomic E-state index is 0. The molecule has 0 atom stereocenters. The average molecular weight is 433 g/mol. The van der Waals surface area contributed by atoms with E-state index in [9.17, 15) is 14.3 Å². The molecule has 0 bridgehead atoms. The van der Waals surface area contributed by atoms with E-state index in [0.29, 0.717) is 33.8 Å². The molecule has 1 aromatic heterocycles. The van der Waals surface area contributed by atoms with Crippen LogP contribution in [0.5, 0.6) is 5.75 Å². The Hall–Kier alpha value is -2.38. The molecule has 0 aliphatic carbocycles. The van der Waals surface area contributed by atoms with Crippen LogP contribution in [0, 0.1) is 5.82 Å². The molecule has 0 amide bonds. The normalized spacial score (nSPS) is 10.6. The van der Waals surface area contributed by atoms with Crippen LogP contribution < -0.4 is 39.4 Å². The molecule has 4 rings (SSSR count). The Labute approximate surface area is 199 Å². The Morgan fingerprint density at radius 1 is 1.10 bits per heavy atom. The summed E-state index contributed by atoms with van der Waals surface area (Å²) in [7, 11) is 0. The van der Waals surface area contributed by atoms with Gasteiger partial charge in [0.1, 0.15) is 18.2 Å². The van der Waals surface area contributed by atoms with Gasteiger partial charge in [0.2, 0.25) is 0 Å². The third-order valence-corrected chi connectivity index (χ3v) is 4.83. The number of rotatable bonds is 6. The van der Waals surface area contributed by atoms with E-state index in [1.54, 1.807) is 53.2 Å². The van der Waals surface area contributed by atoms with Crippen LogP contribution in [-0.4, -0.2) is 15.7 Å². The van der Waals surface area contributed by atoms with Crippen molar-refractivity contribution < 1.29 is 48.6 Å². The number of benzene rings is 3. The molecule has 0 spiro atoms. The summed E-state index contributed by atoms with van der Waals surface area (Å²) in [6.07, 6.45) is 1.49. The number of carbonyl (C=O) groups excluding carboxylic acids is 1. The van der Waals surface area contributed by atoms with Crippen LogP contribution in [0.3, 0.4) is 0 Å². The number of nitrogens with zero attached hydrogens (tertiary/aromatic N) is 2. The summed E-state index contributed by atoms with van der Waals surface area (Å²) in [5.41, 5.74) is 1.90. The van der Waals surface area contributed by atoms with Crippen LogP contribution in [0.4, 0.5) is 4.39 Å². The number of aromatic carboxylic acids is 1. The summed E-state index contributed by atoms with van der Waals surface area (Å²) in [4.78, 5) is 11.3. The minimum atomic E-state index is -1.26. The van der Waals surface area contributed by atoms with E-state index < -0.39 is 5.97 Å². The van der Waals surface area contributed by atoms with Gasteiger partial charge in [0.15, 0.2) is 0 Å². The average Bonchev–Trinajstić information content (AvgIpc) is 3.11. The largest absolute Gasteiger partial charge is 1.00 e. The van der Waals surface area contributed by atoms with Crippen LogP contribution in [-0.2, 0) is 13.2 Å². The molecule has 0 aliphatic rings. The Balaban J connectivity index is 0.00000256. The SMILES string of the molecule is O=C([O-])c1cccc2c1cnn2Cc1cc(Cl)ccc1OCc1ccccc1F.[Na+]. The zero-order chi connectivity index (χ0) is 20.4. The van der Waals surface area contributed by atoms with Gasteiger partial charge in [0.25, 0.3) is 0 Å². The van der Waals surface area contributed by atoms with E-state index in [4.69, 9.17) is 16.3 Å². The van der Waals surface area contributed by atoms with Crippen molar-refractivity contribution in [1.29, 1.82) is 0 Å². The van der Waals surface area contributed by atoms with Crippen molar-refractivity contribution in [3.8, 4) is 5.75 Å². The monoisotopic (exact) mass is 432 g/mol. The third-order valence-electron chi connectivity index (χ3n) is 4.59. The maximum absolute atomic E-state index is 13.9. The van der Waals surface area contributed by atoms with Crippen molar-refractivity contribution in [3.05, 3.63) is 94.4 Å². The molecule has 0 N–H and O–H groups in total. The Morgan fingerprint density at radius 3 is 2.67 bits per heavy atom. The molecule has 5 nitrogen and oxygen atoms in total. The van der Waals surface area contributed by atoms with Crippen LogP contribution in [0.2, 0.25) is 5.02 Å². The number of hydrogen-bond donors (Lipinski definition) is 0. The minimum Gasteiger partial charge on any atom is -0.545 e. The number of aromatic nitrogens is 2. The third kappa shape index (κ3) is 4.68. The topological polar surface area (TPSA) is 67.2 Å². The number of carboxylic acids is 1. The van der Waals surface area contributed by atoms with E-state index in [2.05, 4.69) is 5.10 Å². The molecule has 4 aromatic rings. The molecule has 30 heavy (non-hydrogen) atoms. The second kappa shape index (κ2) is 9.62. The molecular formula is C22H15ClFN2NaO3. The molecule has 0 saturated carbocycles. The quantitative estimate of drug-likeness (QED) is 0.423. The van der Waals surface area contributed by atoms with Gasteiger partial charge in [-0.1, -0.05) is 41.9 Å². The van der Waals surface area contributed by atoms with Gasteiger partial charge in [-0.05, 0) is 30.3 Å². The number of carbonyl (C=O) groups is 1. The van der Waals surface area contributed by atoms with Crippen LogP contribution in [0.15, 0.2) is 66.9 Å². The van der Waals surface area contributed by atoms with Crippen molar-refractivity contribution in [3.63, 3.8) is 0 Å². The standard InChI is InChI=1S/C22H16ClFN2O3.Na/c23-16-8-9-21(29-13-14-4-1-2-6-19(14)24)15(10-16)12-26-20-7-3-5-17(22(27)28)18(20)11-25-26;/h1-11H,12-13H2,(H,27,28);/q;+1/p-1. The zero-order valence-electron chi connectivity index (χ0n) is 16.1. The summed E-state index contributed by atoms with van der Waals surface area (Å²) >= 11 is 6.15. The first kappa shape index (κ1) is 22.3. The molecule has 8 heteroatoms. The van der Waals surface area contributed by atoms with Gasteiger partial charge in [0.05, 0.1) is 24.2 Å². The first-order valence-corrected chi connectivity index (χ1v) is 9.21. The molecule has 0 fully saturated rings. The fourth-order valence-electron chi connectivity index (χ4n) is 3.15. The number of fused-ring (bicyclic) bond motifs is 1. The molecule has 146 valence electrons. The molecule has 0 radical (unpaired) electrons. The summed E-state index contributed by atoms with van der Waals surface area (Å²) in [6, 6.07) is 16.5. The van der Waals surface area contributed by atoms with Crippen molar-refractivity contribution in [2.24, 2.45) is 0 Å². The van der Waals surface area contributed by atoms with E-state index in [-0.39, 0.29) is 47.5 Å². The molecule has 1 heterocycles. The number of hydrogen-bond acceptors (Lipinski definition) is 4. The Morgan fingerprint density at radius 2 is 1.90 bits per heavy atom. The summed E-state index contributed by atoms with van der Waals surface area (Å²) in [5.74, 6) is -1.06. The van der Waals surface area contributed by atoms with E-state index in [1.165, 1.54) is 18.3 Å². The fraction of sp³-hybridized carbons (Fsp3) is 0.0909. The first-order chi connectivity index (χ1) is 14.0. The predicted molar refractivity (Wildman–Crippen MR) is 105 cm³/mol. The second-order valence-corrected chi connectivity index (χ2v) is 6.90. The van der Waals surface area contributed by atoms with E-state index >= 15 is 0 Å². The van der Waals surface area contributed by atoms with Gasteiger partial charge in [-0.2, -0.15) is 5.10 Å². The molecule has 0 saturated heterocycles. The molecule has 0 aliphatic heterocycles. The maximum Gasteiger partial charge on any atom is 1.00 e. The van der Waals surface area contributed by atoms with Crippen molar-refractivity contribution >= 4 is 28.5 Å². The van der Waals surface area contributed by atoms with Crippen molar-refractivity contribution in [1.82, 2.24) is 9.78 Å². The zero-order valence-corrected chi connectivity index (χ0v) is 18.9. The Kier molecular flexibility index (Phi) is 7.15. The molecular weight excluding hydrogens is 418 g/mol. The fourth-order valence-corrected chi connectivity index (χ4v) is 3.35. The summed E-state index contributed by atoms with van der Waals surface area (Å²) in [6.45, 7) is 0.364. The first-order valence-electron chi connectivity index (χ1n) is 8.83. The number of ether oxygens (including phenoxy) is 1. The van der Waals surface area contributed by atoms with Crippen molar-refractivity contribution in [2.45, 2.75) is 13.2 Å². The van der Waals surface area contributed by atoms with E-state index in [1.807, 2.05) is 0 Å².